The number of rotatable bonds is 0. The maximum atomic E-state index is 12.4. The van der Waals surface area contributed by atoms with Gasteiger partial charge < -0.3 is 8.98 Å². The first-order chi connectivity index (χ1) is 8.89. The number of fused-ring (bicyclic) bond motifs is 3. The lowest BCUT2D eigenvalue weighted by Gasteiger charge is -2.18. The van der Waals surface area contributed by atoms with Crippen molar-refractivity contribution in [1.29, 1.82) is 0 Å². The van der Waals surface area contributed by atoms with Gasteiger partial charge in [0, 0.05) is 24.0 Å². The van der Waals surface area contributed by atoms with Crippen LogP contribution < -0.4 is 5.56 Å². The molecule has 3 nitrogen and oxygen atoms in total. The number of nitrogens with zero attached hydrogens (tertiary/aromatic N) is 1. The van der Waals surface area contributed by atoms with Crippen LogP contribution in [0.4, 0.5) is 0 Å². The molecule has 0 saturated carbocycles. The molecule has 3 rings (SSSR count). The summed E-state index contributed by atoms with van der Waals surface area (Å²) in [7, 11) is 1.79. The zero-order valence-corrected chi connectivity index (χ0v) is 11.7. The minimum absolute atomic E-state index is 0.0130. The average Bonchev–Trinajstić information content (AvgIpc) is 2.66. The zero-order chi connectivity index (χ0) is 13.8. The fourth-order valence-corrected chi connectivity index (χ4v) is 2.57. The molecule has 0 saturated heterocycles. The number of para-hydroxylation sites is 1. The Morgan fingerprint density at radius 1 is 1.11 bits per heavy atom. The minimum atomic E-state index is -0.248. The SMILES string of the molecule is Cn1cc2c(oc3ccccc32)c(C(C)(C)C)c1=O. The van der Waals surface area contributed by atoms with Gasteiger partial charge in [-0.2, -0.15) is 0 Å². The zero-order valence-electron chi connectivity index (χ0n) is 11.7. The summed E-state index contributed by atoms with van der Waals surface area (Å²) in [5, 5.41) is 2.06. The Balaban J connectivity index is 2.61. The Morgan fingerprint density at radius 3 is 2.47 bits per heavy atom. The molecule has 2 heterocycles. The van der Waals surface area contributed by atoms with E-state index < -0.39 is 0 Å². The van der Waals surface area contributed by atoms with Gasteiger partial charge in [-0.25, -0.2) is 0 Å². The summed E-state index contributed by atoms with van der Waals surface area (Å²) in [5.74, 6) is 0. The fraction of sp³-hybridized carbons (Fsp3) is 0.312. The van der Waals surface area contributed by atoms with Gasteiger partial charge in [-0.15, -0.1) is 0 Å². The van der Waals surface area contributed by atoms with Gasteiger partial charge in [0.2, 0.25) is 0 Å². The number of furan rings is 1. The predicted molar refractivity (Wildman–Crippen MR) is 77.7 cm³/mol. The van der Waals surface area contributed by atoms with Gasteiger partial charge in [0.15, 0.2) is 0 Å². The molecular formula is C16H17NO2. The molecule has 0 spiro atoms. The van der Waals surface area contributed by atoms with Gasteiger partial charge >= 0.3 is 0 Å². The van der Waals surface area contributed by atoms with E-state index in [0.717, 1.165) is 27.5 Å². The molecule has 0 radical (unpaired) electrons. The average molecular weight is 255 g/mol. The molecule has 98 valence electrons. The van der Waals surface area contributed by atoms with E-state index in [-0.39, 0.29) is 11.0 Å². The summed E-state index contributed by atoms with van der Waals surface area (Å²) in [6.45, 7) is 6.11. The standard InChI is InChI=1S/C16H17NO2/c1-16(2,3)13-14-11(9-17(4)15(13)18)10-7-5-6-8-12(10)19-14/h5-9H,1-4H3. The van der Waals surface area contributed by atoms with E-state index in [4.69, 9.17) is 4.42 Å². The summed E-state index contributed by atoms with van der Waals surface area (Å²) >= 11 is 0. The summed E-state index contributed by atoms with van der Waals surface area (Å²) < 4.78 is 7.58. The van der Waals surface area contributed by atoms with Crippen molar-refractivity contribution < 1.29 is 4.42 Å². The molecule has 0 aliphatic rings. The Bertz CT molecular complexity index is 831. The second-order valence-electron chi connectivity index (χ2n) is 6.01. The maximum absolute atomic E-state index is 12.4. The Morgan fingerprint density at radius 2 is 1.79 bits per heavy atom. The van der Waals surface area contributed by atoms with Crippen LogP contribution in [0.5, 0.6) is 0 Å². The van der Waals surface area contributed by atoms with Gasteiger partial charge in [0.25, 0.3) is 5.56 Å². The second kappa shape index (κ2) is 3.73. The van der Waals surface area contributed by atoms with E-state index in [0.29, 0.717) is 0 Å². The number of benzene rings is 1. The predicted octanol–water partition coefficient (Wildman–Crippen LogP) is 3.58. The van der Waals surface area contributed by atoms with Crippen LogP contribution in [0.15, 0.2) is 39.7 Å². The summed E-state index contributed by atoms with van der Waals surface area (Å²) in [6, 6.07) is 7.89. The molecule has 2 aromatic heterocycles. The Hall–Kier alpha value is -2.03. The van der Waals surface area contributed by atoms with Crippen LogP contribution in [-0.2, 0) is 12.5 Å². The lowest BCUT2D eigenvalue weighted by atomic mass is 9.87. The van der Waals surface area contributed by atoms with Crippen LogP contribution >= 0.6 is 0 Å². The van der Waals surface area contributed by atoms with Crippen molar-refractivity contribution in [2.75, 3.05) is 0 Å². The molecule has 0 atom stereocenters. The summed E-state index contributed by atoms with van der Waals surface area (Å²) in [4.78, 5) is 12.4. The van der Waals surface area contributed by atoms with E-state index in [1.54, 1.807) is 11.6 Å². The molecule has 0 aliphatic carbocycles. The molecule has 0 bridgehead atoms. The Kier molecular flexibility index (Phi) is 2.36. The number of hydrogen-bond acceptors (Lipinski definition) is 2. The van der Waals surface area contributed by atoms with Crippen LogP contribution in [-0.4, -0.2) is 4.57 Å². The molecule has 3 heteroatoms. The number of aryl methyl sites for hydroxylation is 1. The van der Waals surface area contributed by atoms with Crippen LogP contribution in [0.25, 0.3) is 21.9 Å². The highest BCUT2D eigenvalue weighted by molar-refractivity contribution is 6.05. The molecule has 3 aromatic rings. The van der Waals surface area contributed by atoms with Crippen molar-refractivity contribution in [3.63, 3.8) is 0 Å². The normalized spacial score (nSPS) is 12.4. The largest absolute Gasteiger partial charge is 0.455 e. The third-order valence-electron chi connectivity index (χ3n) is 3.47. The maximum Gasteiger partial charge on any atom is 0.257 e. The number of pyridine rings is 1. The molecule has 0 N–H and O–H groups in total. The topological polar surface area (TPSA) is 35.1 Å². The van der Waals surface area contributed by atoms with E-state index in [2.05, 4.69) is 0 Å². The van der Waals surface area contributed by atoms with Crippen molar-refractivity contribution in [3.05, 3.63) is 46.4 Å². The van der Waals surface area contributed by atoms with Crippen molar-refractivity contribution in [2.45, 2.75) is 26.2 Å². The monoisotopic (exact) mass is 255 g/mol. The molecule has 0 unspecified atom stereocenters. The smallest absolute Gasteiger partial charge is 0.257 e. The van der Waals surface area contributed by atoms with E-state index in [1.807, 2.05) is 51.2 Å². The van der Waals surface area contributed by atoms with Gasteiger partial charge in [-0.3, -0.25) is 4.79 Å². The number of hydrogen-bond donors (Lipinski definition) is 0. The highest BCUT2D eigenvalue weighted by Gasteiger charge is 2.25. The summed E-state index contributed by atoms with van der Waals surface area (Å²) in [5.41, 5.74) is 2.05. The molecule has 19 heavy (non-hydrogen) atoms. The first-order valence-corrected chi connectivity index (χ1v) is 6.41. The van der Waals surface area contributed by atoms with E-state index >= 15 is 0 Å². The summed E-state index contributed by atoms with van der Waals surface area (Å²) in [6.07, 6.45) is 1.86. The van der Waals surface area contributed by atoms with Gasteiger partial charge in [0.05, 0.1) is 5.56 Å². The third kappa shape index (κ3) is 1.69. The van der Waals surface area contributed by atoms with Crippen molar-refractivity contribution in [2.24, 2.45) is 7.05 Å². The van der Waals surface area contributed by atoms with E-state index in [1.165, 1.54) is 0 Å². The van der Waals surface area contributed by atoms with Crippen molar-refractivity contribution in [1.82, 2.24) is 4.57 Å². The van der Waals surface area contributed by atoms with Crippen LogP contribution in [0.1, 0.15) is 26.3 Å². The quantitative estimate of drug-likeness (QED) is 0.615. The lowest BCUT2D eigenvalue weighted by Crippen LogP contribution is -2.28. The third-order valence-corrected chi connectivity index (χ3v) is 3.47. The minimum Gasteiger partial charge on any atom is -0.455 e. The van der Waals surface area contributed by atoms with Gasteiger partial charge in [0.1, 0.15) is 11.2 Å². The molecule has 0 amide bonds. The first kappa shape index (κ1) is 12.0. The molecule has 1 aromatic carbocycles. The van der Waals surface area contributed by atoms with Gasteiger partial charge in [-0.05, 0) is 11.5 Å². The first-order valence-electron chi connectivity index (χ1n) is 6.41. The van der Waals surface area contributed by atoms with Crippen LogP contribution in [0.3, 0.4) is 0 Å². The fourth-order valence-electron chi connectivity index (χ4n) is 2.57. The highest BCUT2D eigenvalue weighted by atomic mass is 16.3. The second-order valence-corrected chi connectivity index (χ2v) is 6.01. The lowest BCUT2D eigenvalue weighted by molar-refractivity contribution is 0.558. The molecule has 0 fully saturated rings. The van der Waals surface area contributed by atoms with Crippen molar-refractivity contribution >= 4 is 21.9 Å². The van der Waals surface area contributed by atoms with E-state index in [9.17, 15) is 4.79 Å². The van der Waals surface area contributed by atoms with Crippen LogP contribution in [0, 0.1) is 0 Å². The molecular weight excluding hydrogens is 238 g/mol. The highest BCUT2D eigenvalue weighted by Crippen LogP contribution is 2.33. The van der Waals surface area contributed by atoms with Crippen LogP contribution in [0.2, 0.25) is 0 Å². The van der Waals surface area contributed by atoms with Gasteiger partial charge in [-0.1, -0.05) is 39.0 Å². The number of aromatic nitrogens is 1. The Labute approximate surface area is 111 Å². The van der Waals surface area contributed by atoms with Crippen molar-refractivity contribution in [3.8, 4) is 0 Å². The molecule has 0 aliphatic heterocycles.